The standard InChI is InChI=1S/C9H17F2NO/c1-7(6-13)12-4-2-8(3-5-12)9(10)11/h7-9,13H,2-6H2,1H3. The van der Waals surface area contributed by atoms with E-state index in [2.05, 4.69) is 4.90 Å². The van der Waals surface area contributed by atoms with Crippen LogP contribution in [0.25, 0.3) is 0 Å². The predicted molar refractivity (Wildman–Crippen MR) is 46.8 cm³/mol. The molecule has 2 nitrogen and oxygen atoms in total. The number of aliphatic hydroxyl groups excluding tert-OH is 1. The molecule has 1 N–H and O–H groups in total. The van der Waals surface area contributed by atoms with Gasteiger partial charge in [-0.05, 0) is 32.9 Å². The molecule has 1 aliphatic rings. The van der Waals surface area contributed by atoms with Gasteiger partial charge >= 0.3 is 0 Å². The van der Waals surface area contributed by atoms with E-state index < -0.39 is 12.3 Å². The molecular formula is C9H17F2NO. The van der Waals surface area contributed by atoms with Gasteiger partial charge in [0.25, 0.3) is 0 Å². The summed E-state index contributed by atoms with van der Waals surface area (Å²) in [6, 6.07) is 0.110. The Balaban J connectivity index is 2.30. The summed E-state index contributed by atoms with van der Waals surface area (Å²) >= 11 is 0. The Morgan fingerprint density at radius 2 is 1.92 bits per heavy atom. The maximum Gasteiger partial charge on any atom is 0.241 e. The van der Waals surface area contributed by atoms with Gasteiger partial charge in [0.2, 0.25) is 6.43 Å². The van der Waals surface area contributed by atoms with Crippen LogP contribution < -0.4 is 0 Å². The topological polar surface area (TPSA) is 23.5 Å². The fraction of sp³-hybridized carbons (Fsp3) is 1.00. The van der Waals surface area contributed by atoms with Crippen LogP contribution in [0.1, 0.15) is 19.8 Å². The number of hydrogen-bond donors (Lipinski definition) is 1. The van der Waals surface area contributed by atoms with Gasteiger partial charge in [-0.3, -0.25) is 4.90 Å². The van der Waals surface area contributed by atoms with Crippen LogP contribution in [0.2, 0.25) is 0 Å². The summed E-state index contributed by atoms with van der Waals surface area (Å²) in [5.74, 6) is -0.429. The lowest BCUT2D eigenvalue weighted by Gasteiger charge is -2.34. The largest absolute Gasteiger partial charge is 0.395 e. The lowest BCUT2D eigenvalue weighted by Crippen LogP contribution is -2.42. The van der Waals surface area contributed by atoms with Gasteiger partial charge in [0.15, 0.2) is 0 Å². The maximum absolute atomic E-state index is 12.3. The van der Waals surface area contributed by atoms with Crippen LogP contribution in [0.15, 0.2) is 0 Å². The van der Waals surface area contributed by atoms with Crippen molar-refractivity contribution in [3.8, 4) is 0 Å². The van der Waals surface area contributed by atoms with Crippen LogP contribution in [0.5, 0.6) is 0 Å². The maximum atomic E-state index is 12.3. The molecule has 0 aromatic carbocycles. The monoisotopic (exact) mass is 193 g/mol. The van der Waals surface area contributed by atoms with Crippen molar-refractivity contribution in [2.45, 2.75) is 32.2 Å². The van der Waals surface area contributed by atoms with E-state index in [1.165, 1.54) is 0 Å². The number of hydrogen-bond acceptors (Lipinski definition) is 2. The number of likely N-dealkylation sites (tertiary alicyclic amines) is 1. The molecule has 13 heavy (non-hydrogen) atoms. The van der Waals surface area contributed by atoms with Crippen LogP contribution in [0.3, 0.4) is 0 Å². The molecule has 0 aromatic rings. The first-order valence-corrected chi connectivity index (χ1v) is 4.78. The molecule has 1 rings (SSSR count). The molecule has 4 heteroatoms. The summed E-state index contributed by atoms with van der Waals surface area (Å²) in [7, 11) is 0. The Hall–Kier alpha value is -0.220. The van der Waals surface area contributed by atoms with Crippen LogP contribution >= 0.6 is 0 Å². The smallest absolute Gasteiger partial charge is 0.241 e. The van der Waals surface area contributed by atoms with Crippen LogP contribution in [-0.4, -0.2) is 42.2 Å². The zero-order chi connectivity index (χ0) is 9.84. The highest BCUT2D eigenvalue weighted by Crippen LogP contribution is 2.24. The average molecular weight is 193 g/mol. The third-order valence-corrected chi connectivity index (χ3v) is 2.82. The van der Waals surface area contributed by atoms with Gasteiger partial charge in [-0.25, -0.2) is 8.78 Å². The molecule has 0 aromatic heterocycles. The van der Waals surface area contributed by atoms with Gasteiger partial charge in [-0.2, -0.15) is 0 Å². The van der Waals surface area contributed by atoms with Crippen molar-refractivity contribution in [3.05, 3.63) is 0 Å². The molecule has 0 bridgehead atoms. The van der Waals surface area contributed by atoms with Gasteiger partial charge in [0.05, 0.1) is 6.61 Å². The molecule has 0 amide bonds. The Morgan fingerprint density at radius 1 is 1.38 bits per heavy atom. The Labute approximate surface area is 77.5 Å². The van der Waals surface area contributed by atoms with E-state index in [-0.39, 0.29) is 12.6 Å². The molecule has 78 valence electrons. The summed E-state index contributed by atoms with van der Waals surface area (Å²) in [5.41, 5.74) is 0. The average Bonchev–Trinajstić information content (AvgIpc) is 2.17. The van der Waals surface area contributed by atoms with E-state index in [0.29, 0.717) is 25.9 Å². The highest BCUT2D eigenvalue weighted by molar-refractivity contribution is 4.76. The second kappa shape index (κ2) is 4.86. The van der Waals surface area contributed by atoms with Gasteiger partial charge in [0, 0.05) is 12.0 Å². The van der Waals surface area contributed by atoms with Crippen molar-refractivity contribution in [1.29, 1.82) is 0 Å². The van der Waals surface area contributed by atoms with Crippen molar-refractivity contribution >= 4 is 0 Å². The number of halogens is 2. The van der Waals surface area contributed by atoms with Crippen molar-refractivity contribution in [2.75, 3.05) is 19.7 Å². The van der Waals surface area contributed by atoms with E-state index in [1.54, 1.807) is 0 Å². The Morgan fingerprint density at radius 3 is 2.31 bits per heavy atom. The lowest BCUT2D eigenvalue weighted by molar-refractivity contribution is 0.0188. The zero-order valence-corrected chi connectivity index (χ0v) is 7.92. The normalized spacial score (nSPS) is 23.8. The number of rotatable bonds is 3. The van der Waals surface area contributed by atoms with E-state index in [4.69, 9.17) is 5.11 Å². The SMILES string of the molecule is CC(CO)N1CCC(C(F)F)CC1. The van der Waals surface area contributed by atoms with E-state index >= 15 is 0 Å². The minimum absolute atomic E-state index is 0.110. The summed E-state index contributed by atoms with van der Waals surface area (Å²) in [6.07, 6.45) is -1.06. The lowest BCUT2D eigenvalue weighted by atomic mass is 9.96. The molecule has 1 heterocycles. The van der Waals surface area contributed by atoms with Crippen LogP contribution in [0, 0.1) is 5.92 Å². The number of aliphatic hydroxyl groups is 1. The fourth-order valence-electron chi connectivity index (χ4n) is 1.73. The second-order valence-electron chi connectivity index (χ2n) is 3.74. The molecule has 1 aliphatic heterocycles. The minimum Gasteiger partial charge on any atom is -0.395 e. The summed E-state index contributed by atoms with van der Waals surface area (Å²) in [4.78, 5) is 2.07. The van der Waals surface area contributed by atoms with E-state index in [1.807, 2.05) is 6.92 Å². The molecule has 0 spiro atoms. The quantitative estimate of drug-likeness (QED) is 0.731. The van der Waals surface area contributed by atoms with Crippen molar-refractivity contribution in [3.63, 3.8) is 0 Å². The Bertz CT molecular complexity index is 147. The molecule has 1 saturated heterocycles. The zero-order valence-electron chi connectivity index (χ0n) is 7.92. The highest BCUT2D eigenvalue weighted by Gasteiger charge is 2.27. The van der Waals surface area contributed by atoms with Crippen LogP contribution in [-0.2, 0) is 0 Å². The fourth-order valence-corrected chi connectivity index (χ4v) is 1.73. The predicted octanol–water partition coefficient (Wildman–Crippen LogP) is 1.34. The number of alkyl halides is 2. The molecule has 0 saturated carbocycles. The number of nitrogens with zero attached hydrogens (tertiary/aromatic N) is 1. The first-order chi connectivity index (χ1) is 6.15. The van der Waals surface area contributed by atoms with E-state index in [9.17, 15) is 8.78 Å². The second-order valence-corrected chi connectivity index (χ2v) is 3.74. The van der Waals surface area contributed by atoms with Crippen molar-refractivity contribution in [1.82, 2.24) is 4.90 Å². The third-order valence-electron chi connectivity index (χ3n) is 2.82. The molecular weight excluding hydrogens is 176 g/mol. The molecule has 0 aliphatic carbocycles. The number of piperidine rings is 1. The summed E-state index contributed by atoms with van der Waals surface area (Å²) in [5, 5.41) is 8.87. The van der Waals surface area contributed by atoms with Crippen molar-refractivity contribution < 1.29 is 13.9 Å². The summed E-state index contributed by atoms with van der Waals surface area (Å²) in [6.45, 7) is 3.41. The minimum atomic E-state index is -2.17. The molecule has 1 atom stereocenters. The van der Waals surface area contributed by atoms with Crippen LogP contribution in [0.4, 0.5) is 8.78 Å². The van der Waals surface area contributed by atoms with Gasteiger partial charge in [0.1, 0.15) is 0 Å². The molecule has 0 radical (unpaired) electrons. The van der Waals surface area contributed by atoms with E-state index in [0.717, 1.165) is 0 Å². The molecule has 1 fully saturated rings. The molecule has 1 unspecified atom stereocenters. The van der Waals surface area contributed by atoms with Gasteiger partial charge in [-0.15, -0.1) is 0 Å². The van der Waals surface area contributed by atoms with Gasteiger partial charge < -0.3 is 5.11 Å². The first kappa shape index (κ1) is 10.9. The highest BCUT2D eigenvalue weighted by atomic mass is 19.3. The van der Waals surface area contributed by atoms with Crippen molar-refractivity contribution in [2.24, 2.45) is 5.92 Å². The third kappa shape index (κ3) is 2.88. The Kier molecular flexibility index (Phi) is 4.06. The van der Waals surface area contributed by atoms with Gasteiger partial charge in [-0.1, -0.05) is 0 Å². The first-order valence-electron chi connectivity index (χ1n) is 4.78. The summed E-state index contributed by atoms with van der Waals surface area (Å²) < 4.78 is 24.5.